The van der Waals surface area contributed by atoms with E-state index >= 15 is 0 Å². The van der Waals surface area contributed by atoms with Crippen LogP contribution in [0.2, 0.25) is 0 Å². The Labute approximate surface area is 415 Å². The molecule has 0 aliphatic rings. The van der Waals surface area contributed by atoms with Gasteiger partial charge in [0.1, 0.15) is 36.3 Å². The first-order valence-electron chi connectivity index (χ1n) is 21.3. The van der Waals surface area contributed by atoms with Crippen LogP contribution in [0.4, 0.5) is 11.6 Å². The molecule has 3 rings (SSSR count). The number of carbonyl (C=O) groups is 11. The highest BCUT2D eigenvalue weighted by molar-refractivity contribution is 7.80. The van der Waals surface area contributed by atoms with Crippen LogP contribution in [0, 0.1) is 5.41 Å². The van der Waals surface area contributed by atoms with Crippen LogP contribution in [-0.4, -0.2) is 165 Å². The lowest BCUT2D eigenvalue weighted by atomic mass is 10.1. The third kappa shape index (κ3) is 19.6. The number of hydrogen-bond acceptors (Lipinski definition) is 19. The zero-order valence-corrected chi connectivity index (χ0v) is 38.9. The van der Waals surface area contributed by atoms with Gasteiger partial charge in [0.05, 0.1) is 37.7 Å². The summed E-state index contributed by atoms with van der Waals surface area (Å²) in [5, 5.41) is 72.8. The molecule has 6 atom stereocenters. The molecule has 3 aromatic rings. The third-order valence-corrected chi connectivity index (χ3v) is 10.2. The number of H-pyrrole nitrogens is 1. The first-order valence-corrected chi connectivity index (χ1v) is 22.0. The fraction of sp³-hybridized carbons (Fsp3) is 0.400. The molecule has 0 fully saturated rings. The van der Waals surface area contributed by atoms with Crippen LogP contribution < -0.4 is 59.6 Å². The van der Waals surface area contributed by atoms with Crippen molar-refractivity contribution in [1.82, 2.24) is 57.2 Å². The lowest BCUT2D eigenvalue weighted by Gasteiger charge is -2.26. The maximum atomic E-state index is 13.7. The zero-order valence-electron chi connectivity index (χ0n) is 38.0. The summed E-state index contributed by atoms with van der Waals surface area (Å²) in [6.07, 6.45) is -3.88. The van der Waals surface area contributed by atoms with Gasteiger partial charge in [-0.15, -0.1) is 0 Å². The van der Waals surface area contributed by atoms with Crippen LogP contribution in [0.1, 0.15) is 61.0 Å². The Kier molecular flexibility index (Phi) is 22.2. The van der Waals surface area contributed by atoms with E-state index < -0.39 is 157 Å². The van der Waals surface area contributed by atoms with Gasteiger partial charge >= 0.3 is 29.8 Å². The van der Waals surface area contributed by atoms with E-state index in [9.17, 15) is 83.1 Å². The molecule has 0 radical (unpaired) electrons. The van der Waals surface area contributed by atoms with E-state index in [4.69, 9.17) is 16.9 Å². The van der Waals surface area contributed by atoms with Gasteiger partial charge < -0.3 is 79.5 Å². The van der Waals surface area contributed by atoms with Gasteiger partial charge in [-0.05, 0) is 43.5 Å². The Morgan fingerprint density at radius 3 is 1.68 bits per heavy atom. The van der Waals surface area contributed by atoms with Gasteiger partial charge in [0.15, 0.2) is 17.1 Å². The number of carbonyl (C=O) groups excluding carboxylic acids is 6. The van der Waals surface area contributed by atoms with Gasteiger partial charge in [-0.1, -0.05) is 0 Å². The molecule has 0 aliphatic carbocycles. The molecule has 6 amide bonds. The average molecular weight is 1050 g/mol. The minimum atomic E-state index is -2.10. The number of nitrogen functional groups attached to an aromatic ring is 1. The number of carboxylic acid groups (broad SMARTS) is 5. The minimum absolute atomic E-state index is 0.00363. The molecule has 1 aromatic carbocycles. The number of aromatic amines is 1. The molecule has 0 saturated carbocycles. The predicted molar refractivity (Wildman–Crippen MR) is 251 cm³/mol. The highest BCUT2D eigenvalue weighted by Crippen LogP contribution is 2.13. The minimum Gasteiger partial charge on any atom is -0.481 e. The van der Waals surface area contributed by atoms with Gasteiger partial charge in [0.25, 0.3) is 11.5 Å². The number of nitrogens with zero attached hydrogens (tertiary/aromatic N) is 3. The van der Waals surface area contributed by atoms with E-state index in [2.05, 4.69) is 59.1 Å². The summed E-state index contributed by atoms with van der Waals surface area (Å²) in [6.45, 7) is -0.0194. The van der Waals surface area contributed by atoms with Crippen LogP contribution in [0.15, 0.2) is 35.3 Å². The van der Waals surface area contributed by atoms with E-state index in [-0.39, 0.29) is 42.2 Å². The number of hydrogen-bond donors (Lipinski definition) is 18. The van der Waals surface area contributed by atoms with E-state index in [1.807, 2.05) is 16.0 Å². The highest BCUT2D eigenvalue weighted by Gasteiger charge is 2.35. The van der Waals surface area contributed by atoms with Gasteiger partial charge in [-0.25, -0.2) is 19.6 Å². The fourth-order valence-electron chi connectivity index (χ4n) is 6.25. The van der Waals surface area contributed by atoms with Gasteiger partial charge in [0.2, 0.25) is 35.5 Å². The van der Waals surface area contributed by atoms with E-state index in [0.717, 1.165) is 0 Å². The number of aromatic nitrogens is 4. The molecule has 0 bridgehead atoms. The lowest BCUT2D eigenvalue weighted by Crippen LogP contribution is -2.59. The summed E-state index contributed by atoms with van der Waals surface area (Å²) < 4.78 is 0. The molecule has 33 heteroatoms. The number of guanidine groups is 1. The topological polar surface area (TPSA) is 533 Å². The number of fused-ring (bicyclic) bond motifs is 1. The van der Waals surface area contributed by atoms with Crippen molar-refractivity contribution in [2.45, 2.75) is 87.7 Å². The first kappa shape index (κ1) is 58.1. The van der Waals surface area contributed by atoms with Crippen molar-refractivity contribution >= 4 is 107 Å². The molecule has 0 unspecified atom stereocenters. The molecular formula is C40H51N15O17S. The van der Waals surface area contributed by atoms with Gasteiger partial charge in [0, 0.05) is 30.0 Å². The van der Waals surface area contributed by atoms with Crippen LogP contribution in [0.25, 0.3) is 11.2 Å². The Hall–Kier alpha value is -9.17. The highest BCUT2D eigenvalue weighted by atomic mass is 32.1. The maximum absolute atomic E-state index is 13.7. The van der Waals surface area contributed by atoms with Crippen molar-refractivity contribution in [2.75, 3.05) is 23.3 Å². The molecular weight excluding hydrogens is 995 g/mol. The maximum Gasteiger partial charge on any atom is 0.327 e. The van der Waals surface area contributed by atoms with Crippen molar-refractivity contribution in [3.63, 3.8) is 0 Å². The summed E-state index contributed by atoms with van der Waals surface area (Å²) in [5.41, 5.74) is 11.0. The van der Waals surface area contributed by atoms with Crippen LogP contribution in [0.5, 0.6) is 0 Å². The molecule has 2 aromatic heterocycles. The Bertz CT molecular complexity index is 2650. The summed E-state index contributed by atoms with van der Waals surface area (Å²) in [4.78, 5) is 165. The average Bonchev–Trinajstić information content (AvgIpc) is 3.30. The lowest BCUT2D eigenvalue weighted by molar-refractivity contribution is -0.144. The standard InChI is InChI=1S/C40H51N15O17S/c41-39(42)44-9-1-2-19(32(64)51-22(11-27(59)60)34(66)52-23(12-28(61)62)35(67)53-24(15-73)38(71)72)49-33(65)21(10-26(57)58)48-25(56)8-7-20(37(69)70)50-31(63)16-3-5-17(6-4-16)45-13-18-14-46-30-29(47-18)36(68)55-40(43)54-30/h3-6,14,19-24,45,73H,1-2,7-13,15H2,(H,48,56)(H,49,65)(H,50,63)(H,51,64)(H,52,66)(H,53,67)(H,57,58)(H,59,60)(H,61,62)(H,69,70)(H,71,72)(H4,41,42,44)(H3,43,46,54,55,68)/t19-,20-,21-,22-,23+,24-/m0/s1. The smallest absolute Gasteiger partial charge is 0.327 e. The van der Waals surface area contributed by atoms with E-state index in [0.29, 0.717) is 11.4 Å². The monoisotopic (exact) mass is 1050 g/mol. The third-order valence-electron chi connectivity index (χ3n) is 9.84. The number of carboxylic acids is 5. The summed E-state index contributed by atoms with van der Waals surface area (Å²) >= 11 is 3.78. The molecule has 73 heavy (non-hydrogen) atoms. The number of nitrogens with one attached hydrogen (secondary N) is 10. The van der Waals surface area contributed by atoms with E-state index in [1.54, 1.807) is 0 Å². The number of aliphatic carboxylic acids is 5. The molecule has 0 aliphatic heterocycles. The molecule has 0 spiro atoms. The number of benzene rings is 1. The van der Waals surface area contributed by atoms with Gasteiger partial charge in [-0.2, -0.15) is 17.6 Å². The number of nitrogens with two attached hydrogens (primary N) is 2. The van der Waals surface area contributed by atoms with Crippen LogP contribution in [0.3, 0.4) is 0 Å². The SMILES string of the molecule is N=C(N)NCCC[C@H](NC(=O)[C@H](CC(=O)O)NC(=O)CC[C@H](NC(=O)c1ccc(NCc2cnc3nc(N)[nH]c(=O)c3n2)cc1)C(=O)O)C(=O)N[C@@H](CC(=O)O)C(=O)N[C@H](CC(=O)O)C(=O)N[C@@H](CS)C(=O)O. The second-order valence-electron chi connectivity index (χ2n) is 15.5. The Morgan fingerprint density at radius 1 is 0.671 bits per heavy atom. The summed E-state index contributed by atoms with van der Waals surface area (Å²) in [7, 11) is 0. The second-order valence-corrected chi connectivity index (χ2v) is 15.8. The van der Waals surface area contributed by atoms with Crippen molar-refractivity contribution in [3.05, 3.63) is 52.1 Å². The number of anilines is 2. The van der Waals surface area contributed by atoms with Crippen LogP contribution >= 0.6 is 12.6 Å². The van der Waals surface area contributed by atoms with Crippen molar-refractivity contribution in [2.24, 2.45) is 5.73 Å². The van der Waals surface area contributed by atoms with Gasteiger partial charge in [-0.3, -0.25) is 58.3 Å². The zero-order chi connectivity index (χ0) is 54.5. The first-order chi connectivity index (χ1) is 34.4. The van der Waals surface area contributed by atoms with E-state index in [1.165, 1.54) is 30.5 Å². The Balaban J connectivity index is 1.70. The van der Waals surface area contributed by atoms with Crippen LogP contribution in [-0.2, 0) is 54.5 Å². The van der Waals surface area contributed by atoms with Crippen molar-refractivity contribution in [3.8, 4) is 0 Å². The molecule has 0 saturated heterocycles. The Morgan fingerprint density at radius 2 is 1.18 bits per heavy atom. The quantitative estimate of drug-likeness (QED) is 0.0129. The number of rotatable bonds is 30. The summed E-state index contributed by atoms with van der Waals surface area (Å²) in [5.74, 6) is -16.6. The van der Waals surface area contributed by atoms with Crippen molar-refractivity contribution < 1.29 is 78.3 Å². The number of thiol groups is 1. The molecule has 2 heterocycles. The fourth-order valence-corrected chi connectivity index (χ4v) is 6.50. The van der Waals surface area contributed by atoms with Crippen molar-refractivity contribution in [1.29, 1.82) is 5.41 Å². The second kappa shape index (κ2) is 27.9. The predicted octanol–water partition coefficient (Wildman–Crippen LogP) is -5.00. The normalized spacial score (nSPS) is 13.2. The molecule has 32 nitrogen and oxygen atoms in total. The molecule has 394 valence electrons. The largest absolute Gasteiger partial charge is 0.481 e. The molecule has 19 N–H and O–H groups in total. The number of amides is 6. The summed E-state index contributed by atoms with van der Waals surface area (Å²) in [6, 6.07) is -5.54.